The van der Waals surface area contributed by atoms with E-state index >= 15 is 0 Å². The Balaban J connectivity index is 2.68. The van der Waals surface area contributed by atoms with E-state index in [0.717, 1.165) is 5.56 Å². The molecule has 0 aliphatic rings. The molecule has 1 unspecified atom stereocenters. The number of esters is 1. The largest absolute Gasteiger partial charge is 0.459 e. The van der Waals surface area contributed by atoms with Gasteiger partial charge in [-0.1, -0.05) is 17.7 Å². The van der Waals surface area contributed by atoms with Crippen LogP contribution in [0.2, 0.25) is 0 Å². The van der Waals surface area contributed by atoms with E-state index in [9.17, 15) is 26.4 Å². The summed E-state index contributed by atoms with van der Waals surface area (Å²) in [6, 6.07) is 5.78. The standard InChI is InChI=1S/C11H11F3O5S/c1-7-2-4-8(5-3-7)10(15)19-6-9(12)11(13,14)20(16,17)18/h2-5,9H,6H2,1H3,(H,16,17,18). The maximum atomic E-state index is 13.1. The van der Waals surface area contributed by atoms with Crippen molar-refractivity contribution in [2.45, 2.75) is 18.3 Å². The minimum atomic E-state index is -5.92. The second kappa shape index (κ2) is 5.80. The summed E-state index contributed by atoms with van der Waals surface area (Å²) in [7, 11) is -5.92. The van der Waals surface area contributed by atoms with Crippen LogP contribution in [-0.4, -0.2) is 37.0 Å². The van der Waals surface area contributed by atoms with Gasteiger partial charge in [0, 0.05) is 0 Å². The molecule has 0 saturated carbocycles. The van der Waals surface area contributed by atoms with Gasteiger partial charge in [0.25, 0.3) is 0 Å². The molecule has 0 aliphatic heterocycles. The molecule has 0 aromatic heterocycles. The van der Waals surface area contributed by atoms with Crippen LogP contribution in [0.15, 0.2) is 24.3 Å². The van der Waals surface area contributed by atoms with Crippen molar-refractivity contribution < 1.29 is 35.7 Å². The quantitative estimate of drug-likeness (QED) is 0.664. The van der Waals surface area contributed by atoms with Gasteiger partial charge in [0.05, 0.1) is 5.56 Å². The molecule has 0 amide bonds. The van der Waals surface area contributed by atoms with Crippen LogP contribution in [0.5, 0.6) is 0 Å². The molecule has 0 heterocycles. The van der Waals surface area contributed by atoms with E-state index in [4.69, 9.17) is 4.55 Å². The van der Waals surface area contributed by atoms with Crippen LogP contribution in [0, 0.1) is 6.92 Å². The molecular formula is C11H11F3O5S. The summed E-state index contributed by atoms with van der Waals surface area (Å²) >= 11 is 0. The van der Waals surface area contributed by atoms with Crippen molar-refractivity contribution in [1.29, 1.82) is 0 Å². The van der Waals surface area contributed by atoms with Gasteiger partial charge in [0.1, 0.15) is 6.61 Å². The number of ether oxygens (including phenoxy) is 1. The van der Waals surface area contributed by atoms with Crippen molar-refractivity contribution in [3.05, 3.63) is 35.4 Å². The maximum absolute atomic E-state index is 13.1. The van der Waals surface area contributed by atoms with E-state index in [1.165, 1.54) is 12.1 Å². The van der Waals surface area contributed by atoms with Crippen molar-refractivity contribution in [2.75, 3.05) is 6.61 Å². The average Bonchev–Trinajstić information content (AvgIpc) is 2.34. The molecule has 5 nitrogen and oxygen atoms in total. The Kier molecular flexibility index (Phi) is 4.77. The number of hydrogen-bond acceptors (Lipinski definition) is 4. The fourth-order valence-corrected chi connectivity index (χ4v) is 1.57. The first-order valence-corrected chi connectivity index (χ1v) is 6.72. The van der Waals surface area contributed by atoms with Crippen molar-refractivity contribution in [3.63, 3.8) is 0 Å². The number of halogens is 3. The third-order valence-corrected chi connectivity index (χ3v) is 3.30. The first-order valence-electron chi connectivity index (χ1n) is 5.28. The molecule has 1 aromatic rings. The molecule has 0 radical (unpaired) electrons. The fraction of sp³-hybridized carbons (Fsp3) is 0.364. The first kappa shape index (κ1) is 16.4. The van der Waals surface area contributed by atoms with Gasteiger partial charge >= 0.3 is 21.3 Å². The zero-order valence-corrected chi connectivity index (χ0v) is 11.0. The van der Waals surface area contributed by atoms with Gasteiger partial charge in [-0.15, -0.1) is 0 Å². The number of benzene rings is 1. The third kappa shape index (κ3) is 3.70. The minimum absolute atomic E-state index is 0.00188. The number of aryl methyl sites for hydroxylation is 1. The molecule has 0 saturated heterocycles. The number of hydrogen-bond donors (Lipinski definition) is 1. The molecule has 1 N–H and O–H groups in total. The number of carbonyl (C=O) groups is 1. The van der Waals surface area contributed by atoms with E-state index in [2.05, 4.69) is 4.74 Å². The van der Waals surface area contributed by atoms with Crippen LogP contribution in [0.4, 0.5) is 13.2 Å². The Hall–Kier alpha value is -1.61. The lowest BCUT2D eigenvalue weighted by molar-refractivity contribution is -0.0357. The lowest BCUT2D eigenvalue weighted by atomic mass is 10.1. The topological polar surface area (TPSA) is 80.7 Å². The minimum Gasteiger partial charge on any atom is -0.459 e. The van der Waals surface area contributed by atoms with Crippen molar-refractivity contribution in [2.24, 2.45) is 0 Å². The predicted molar refractivity (Wildman–Crippen MR) is 62.9 cm³/mol. The summed E-state index contributed by atoms with van der Waals surface area (Å²) in [6.45, 7) is 0.249. The molecule has 1 atom stereocenters. The van der Waals surface area contributed by atoms with Crippen LogP contribution in [-0.2, 0) is 14.9 Å². The summed E-state index contributed by atoms with van der Waals surface area (Å²) in [6.07, 6.45) is -3.37. The lowest BCUT2D eigenvalue weighted by Gasteiger charge is -2.17. The van der Waals surface area contributed by atoms with Gasteiger partial charge in [0.15, 0.2) is 0 Å². The molecule has 0 fully saturated rings. The zero-order chi connectivity index (χ0) is 15.6. The van der Waals surface area contributed by atoms with Crippen LogP contribution in [0.1, 0.15) is 15.9 Å². The smallest absolute Gasteiger partial charge is 0.403 e. The Morgan fingerprint density at radius 1 is 1.35 bits per heavy atom. The van der Waals surface area contributed by atoms with E-state index in [1.54, 1.807) is 19.1 Å². The Morgan fingerprint density at radius 2 is 1.85 bits per heavy atom. The second-order valence-corrected chi connectivity index (χ2v) is 5.46. The average molecular weight is 312 g/mol. The summed E-state index contributed by atoms with van der Waals surface area (Å²) in [5, 5.41) is -5.04. The molecule has 1 rings (SSSR count). The molecular weight excluding hydrogens is 301 g/mol. The zero-order valence-electron chi connectivity index (χ0n) is 10.2. The highest BCUT2D eigenvalue weighted by atomic mass is 32.2. The van der Waals surface area contributed by atoms with Gasteiger partial charge in [-0.25, -0.2) is 9.18 Å². The van der Waals surface area contributed by atoms with Crippen LogP contribution < -0.4 is 0 Å². The van der Waals surface area contributed by atoms with Gasteiger partial charge in [0.2, 0.25) is 6.17 Å². The molecule has 0 aliphatic carbocycles. The Labute approximate surface area is 113 Å². The van der Waals surface area contributed by atoms with E-state index in [0.29, 0.717) is 0 Å². The van der Waals surface area contributed by atoms with Crippen molar-refractivity contribution >= 4 is 16.1 Å². The summed E-state index contributed by atoms with van der Waals surface area (Å²) in [5.74, 6) is -1.08. The highest BCUT2D eigenvalue weighted by molar-refractivity contribution is 7.86. The van der Waals surface area contributed by atoms with Crippen LogP contribution >= 0.6 is 0 Å². The van der Waals surface area contributed by atoms with Crippen molar-refractivity contribution in [3.8, 4) is 0 Å². The highest BCUT2D eigenvalue weighted by Crippen LogP contribution is 2.27. The molecule has 0 bridgehead atoms. The Morgan fingerprint density at radius 3 is 2.30 bits per heavy atom. The normalized spacial score (nSPS) is 13.8. The van der Waals surface area contributed by atoms with Crippen LogP contribution in [0.3, 0.4) is 0 Å². The summed E-state index contributed by atoms with van der Waals surface area (Å²) < 4.78 is 71.7. The fourth-order valence-electron chi connectivity index (χ4n) is 1.18. The van der Waals surface area contributed by atoms with Gasteiger partial charge < -0.3 is 4.74 Å². The third-order valence-electron chi connectivity index (χ3n) is 2.36. The highest BCUT2D eigenvalue weighted by Gasteiger charge is 2.53. The SMILES string of the molecule is Cc1ccc(C(=O)OCC(F)C(F)(F)S(=O)(=O)O)cc1. The lowest BCUT2D eigenvalue weighted by Crippen LogP contribution is -2.41. The molecule has 20 heavy (non-hydrogen) atoms. The second-order valence-electron chi connectivity index (χ2n) is 3.97. The maximum Gasteiger partial charge on any atom is 0.403 e. The van der Waals surface area contributed by atoms with E-state index < -0.39 is 34.1 Å². The van der Waals surface area contributed by atoms with E-state index in [1.807, 2.05) is 0 Å². The molecule has 9 heteroatoms. The monoisotopic (exact) mass is 312 g/mol. The Bertz CT molecular complexity index is 583. The molecule has 112 valence electrons. The summed E-state index contributed by atoms with van der Waals surface area (Å²) in [4.78, 5) is 11.4. The van der Waals surface area contributed by atoms with Crippen molar-refractivity contribution in [1.82, 2.24) is 0 Å². The number of carbonyl (C=O) groups excluding carboxylic acids is 1. The predicted octanol–water partition coefficient (Wildman–Crippen LogP) is 1.97. The first-order chi connectivity index (χ1) is 9.05. The van der Waals surface area contributed by atoms with Gasteiger partial charge in [-0.3, -0.25) is 4.55 Å². The van der Waals surface area contributed by atoms with E-state index in [-0.39, 0.29) is 5.56 Å². The number of rotatable bonds is 5. The summed E-state index contributed by atoms with van der Waals surface area (Å²) in [5.41, 5.74) is 0.834. The van der Waals surface area contributed by atoms with Gasteiger partial charge in [-0.05, 0) is 19.1 Å². The number of alkyl halides is 3. The molecule has 1 aromatic carbocycles. The molecule has 0 spiro atoms. The van der Waals surface area contributed by atoms with Gasteiger partial charge in [-0.2, -0.15) is 17.2 Å². The van der Waals surface area contributed by atoms with Crippen LogP contribution in [0.25, 0.3) is 0 Å².